The summed E-state index contributed by atoms with van der Waals surface area (Å²) in [5, 5.41) is 14.1. The topological polar surface area (TPSA) is 130 Å². The summed E-state index contributed by atoms with van der Waals surface area (Å²) in [7, 11) is 3.26. The first kappa shape index (κ1) is 32.0. The average Bonchev–Trinajstić information content (AvgIpc) is 3.76. The molecule has 3 atom stereocenters. The predicted molar refractivity (Wildman–Crippen MR) is 183 cm³/mol. The zero-order valence-corrected chi connectivity index (χ0v) is 27.0. The minimum atomic E-state index is -1.07. The van der Waals surface area contributed by atoms with Crippen LogP contribution in [0, 0.1) is 0 Å². The van der Waals surface area contributed by atoms with E-state index in [2.05, 4.69) is 20.3 Å². The molecule has 49 heavy (non-hydrogen) atoms. The number of aliphatic hydroxyl groups is 1. The quantitative estimate of drug-likeness (QED) is 0.167. The highest BCUT2D eigenvalue weighted by atomic mass is 16.6. The van der Waals surface area contributed by atoms with Gasteiger partial charge in [-0.25, -0.2) is 15.0 Å². The number of methoxy groups -OCH3 is 2. The molecule has 11 heteroatoms. The van der Waals surface area contributed by atoms with Gasteiger partial charge in [0.2, 0.25) is 0 Å². The smallest absolute Gasteiger partial charge is 0.256 e. The Morgan fingerprint density at radius 2 is 1.43 bits per heavy atom. The monoisotopic (exact) mass is 657 g/mol. The van der Waals surface area contributed by atoms with E-state index in [0.717, 1.165) is 28.2 Å². The van der Waals surface area contributed by atoms with Gasteiger partial charge in [0.15, 0.2) is 17.0 Å². The van der Waals surface area contributed by atoms with Crippen LogP contribution in [-0.4, -0.2) is 63.6 Å². The number of ether oxygens (including phenoxy) is 4. The number of carbonyl (C=O) groups is 1. The number of carbonyl (C=O) groups excluding carboxylic acids is 1. The van der Waals surface area contributed by atoms with E-state index in [4.69, 9.17) is 18.9 Å². The third-order valence-electron chi connectivity index (χ3n) is 8.78. The molecular weight excluding hydrogens is 622 g/mol. The Labute approximate surface area is 283 Å². The van der Waals surface area contributed by atoms with Gasteiger partial charge in [0.05, 0.1) is 33.3 Å². The molecule has 1 aliphatic rings. The molecule has 2 N–H and O–H groups in total. The van der Waals surface area contributed by atoms with E-state index in [1.165, 1.54) is 6.33 Å². The lowest BCUT2D eigenvalue weighted by atomic mass is 9.80. The first-order valence-corrected chi connectivity index (χ1v) is 15.9. The summed E-state index contributed by atoms with van der Waals surface area (Å²) in [4.78, 5) is 26.0. The van der Waals surface area contributed by atoms with E-state index in [0.29, 0.717) is 16.7 Å². The number of imidazole rings is 1. The summed E-state index contributed by atoms with van der Waals surface area (Å²) < 4.78 is 26.1. The highest BCUT2D eigenvalue weighted by Gasteiger charge is 2.42. The third kappa shape index (κ3) is 6.22. The molecule has 0 spiro atoms. The van der Waals surface area contributed by atoms with Gasteiger partial charge in [-0.3, -0.25) is 9.36 Å². The van der Waals surface area contributed by atoms with Gasteiger partial charge in [0.1, 0.15) is 35.8 Å². The Balaban J connectivity index is 1.18. The molecule has 6 aromatic rings. The molecule has 0 radical (unpaired) electrons. The number of aliphatic hydroxyl groups excluding tert-OH is 1. The second kappa shape index (κ2) is 13.9. The molecule has 11 nitrogen and oxygen atoms in total. The van der Waals surface area contributed by atoms with Crippen molar-refractivity contribution in [1.29, 1.82) is 0 Å². The Bertz CT molecular complexity index is 1970. The molecule has 2 aromatic heterocycles. The van der Waals surface area contributed by atoms with Crippen molar-refractivity contribution in [3.05, 3.63) is 144 Å². The van der Waals surface area contributed by atoms with Crippen LogP contribution in [0.2, 0.25) is 0 Å². The first-order chi connectivity index (χ1) is 24.0. The van der Waals surface area contributed by atoms with Crippen LogP contribution in [-0.2, 0) is 15.1 Å². The normalized spacial score (nSPS) is 17.6. The number of amides is 1. The number of anilines is 1. The highest BCUT2D eigenvalue weighted by Crippen LogP contribution is 2.43. The lowest BCUT2D eigenvalue weighted by Gasteiger charge is -2.37. The summed E-state index contributed by atoms with van der Waals surface area (Å²) in [5.41, 5.74) is 2.94. The first-order valence-electron chi connectivity index (χ1n) is 15.9. The molecule has 248 valence electrons. The van der Waals surface area contributed by atoms with Gasteiger partial charge in [-0.1, -0.05) is 72.8 Å². The lowest BCUT2D eigenvalue weighted by Crippen LogP contribution is -2.38. The van der Waals surface area contributed by atoms with Gasteiger partial charge in [-0.15, -0.1) is 0 Å². The standard InChI is InChI=1S/C38H35N5O6/c1-46-29-17-13-27(14-18-29)38(26-11-7-4-8-12-26,28-15-19-30(47-2)20-16-28)48-22-32-31(44)21-33(49-32)43-24-41-34-35(39-23-40-36(34)43)42-37(45)25-9-5-3-6-10-25/h3-20,23-24,31-33,44H,21-22H2,1-2H3,(H,39,40,42,45)/t31-,32-,33-/m1/s1. The van der Waals surface area contributed by atoms with Crippen molar-refractivity contribution in [2.45, 2.75) is 30.5 Å². The largest absolute Gasteiger partial charge is 0.497 e. The maximum Gasteiger partial charge on any atom is 0.256 e. The molecular formula is C38H35N5O6. The summed E-state index contributed by atoms with van der Waals surface area (Å²) in [6.45, 7) is 0.0601. The van der Waals surface area contributed by atoms with E-state index in [9.17, 15) is 9.90 Å². The van der Waals surface area contributed by atoms with Gasteiger partial charge < -0.3 is 29.4 Å². The van der Waals surface area contributed by atoms with Gasteiger partial charge in [-0.2, -0.15) is 0 Å². The van der Waals surface area contributed by atoms with Crippen molar-refractivity contribution in [2.24, 2.45) is 0 Å². The van der Waals surface area contributed by atoms with Crippen molar-refractivity contribution in [3.8, 4) is 11.5 Å². The summed E-state index contributed by atoms with van der Waals surface area (Å²) in [5.74, 6) is 1.41. The van der Waals surface area contributed by atoms with E-state index < -0.39 is 24.0 Å². The van der Waals surface area contributed by atoms with Gasteiger partial charge in [0.25, 0.3) is 5.91 Å². The van der Waals surface area contributed by atoms with Crippen LogP contribution >= 0.6 is 0 Å². The molecule has 0 bridgehead atoms. The van der Waals surface area contributed by atoms with Crippen LogP contribution in [0.4, 0.5) is 5.82 Å². The highest BCUT2D eigenvalue weighted by molar-refractivity contribution is 6.06. The van der Waals surface area contributed by atoms with E-state index in [1.54, 1.807) is 49.4 Å². The number of nitrogens with one attached hydrogen (secondary N) is 1. The van der Waals surface area contributed by atoms with Crippen molar-refractivity contribution in [2.75, 3.05) is 26.1 Å². The number of hydrogen-bond donors (Lipinski definition) is 2. The minimum absolute atomic E-state index is 0.0601. The second-order valence-corrected chi connectivity index (χ2v) is 11.6. The second-order valence-electron chi connectivity index (χ2n) is 11.6. The predicted octanol–water partition coefficient (Wildman–Crippen LogP) is 5.75. The fraction of sp³-hybridized carbons (Fsp3) is 0.211. The Kier molecular flexibility index (Phi) is 9.03. The number of benzene rings is 4. The molecule has 0 saturated carbocycles. The third-order valence-corrected chi connectivity index (χ3v) is 8.78. The Morgan fingerprint density at radius 1 is 0.837 bits per heavy atom. The van der Waals surface area contributed by atoms with Crippen molar-refractivity contribution in [3.63, 3.8) is 0 Å². The maximum absolute atomic E-state index is 12.8. The van der Waals surface area contributed by atoms with Crippen LogP contribution < -0.4 is 14.8 Å². The number of rotatable bonds is 11. The zero-order chi connectivity index (χ0) is 33.8. The van der Waals surface area contributed by atoms with Crippen LogP contribution in [0.5, 0.6) is 11.5 Å². The van der Waals surface area contributed by atoms with Crippen LogP contribution in [0.15, 0.2) is 122 Å². The summed E-state index contributed by atoms with van der Waals surface area (Å²) in [6, 6.07) is 34.4. The Morgan fingerprint density at radius 3 is 2.04 bits per heavy atom. The average molecular weight is 658 g/mol. The fourth-order valence-electron chi connectivity index (χ4n) is 6.24. The molecule has 1 saturated heterocycles. The van der Waals surface area contributed by atoms with Gasteiger partial charge in [0, 0.05) is 12.0 Å². The lowest BCUT2D eigenvalue weighted by molar-refractivity contribution is -0.0931. The van der Waals surface area contributed by atoms with Gasteiger partial charge in [-0.05, 0) is 53.1 Å². The van der Waals surface area contributed by atoms with Crippen LogP contribution in [0.3, 0.4) is 0 Å². The summed E-state index contributed by atoms with van der Waals surface area (Å²) in [6.07, 6.45) is 1.11. The molecule has 7 rings (SSSR count). The zero-order valence-electron chi connectivity index (χ0n) is 27.0. The molecule has 4 aromatic carbocycles. The van der Waals surface area contributed by atoms with Crippen LogP contribution in [0.1, 0.15) is 39.7 Å². The Hall–Kier alpha value is -5.62. The fourth-order valence-corrected chi connectivity index (χ4v) is 6.24. The van der Waals surface area contributed by atoms with E-state index in [-0.39, 0.29) is 24.8 Å². The molecule has 1 amide bonds. The number of aromatic nitrogens is 4. The number of nitrogens with zero attached hydrogens (tertiary/aromatic N) is 4. The molecule has 3 heterocycles. The van der Waals surface area contributed by atoms with Crippen molar-refractivity contribution < 1.29 is 28.8 Å². The number of hydrogen-bond acceptors (Lipinski definition) is 9. The van der Waals surface area contributed by atoms with Crippen molar-refractivity contribution in [1.82, 2.24) is 19.5 Å². The molecule has 1 aliphatic heterocycles. The molecule has 1 fully saturated rings. The maximum atomic E-state index is 12.8. The SMILES string of the molecule is COc1ccc(C(OC[C@H]2O[C@@H](n3cnc4c(NC(=O)c5ccccc5)ncnc43)C[C@H]2O)(c2ccccc2)c2ccc(OC)cc2)cc1. The molecule has 0 unspecified atom stereocenters. The van der Waals surface area contributed by atoms with Gasteiger partial charge >= 0.3 is 0 Å². The minimum Gasteiger partial charge on any atom is -0.497 e. The van der Waals surface area contributed by atoms with E-state index >= 15 is 0 Å². The summed E-state index contributed by atoms with van der Waals surface area (Å²) >= 11 is 0. The van der Waals surface area contributed by atoms with Crippen molar-refractivity contribution >= 4 is 22.9 Å². The molecule has 0 aliphatic carbocycles. The van der Waals surface area contributed by atoms with Crippen LogP contribution in [0.25, 0.3) is 11.2 Å². The number of fused-ring (bicyclic) bond motifs is 1. The van der Waals surface area contributed by atoms with E-state index in [1.807, 2.05) is 84.9 Å².